The molecule has 0 unspecified atom stereocenters. The molecular weight excluding hydrogens is 298 g/mol. The van der Waals surface area contributed by atoms with Gasteiger partial charge in [-0.2, -0.15) is 0 Å². The van der Waals surface area contributed by atoms with E-state index < -0.39 is 0 Å². The van der Waals surface area contributed by atoms with E-state index in [1.165, 1.54) is 5.56 Å². The maximum Gasteiger partial charge on any atom is 0.119 e. The van der Waals surface area contributed by atoms with Crippen molar-refractivity contribution in [3.05, 3.63) is 84.4 Å². The van der Waals surface area contributed by atoms with Gasteiger partial charge in [-0.15, -0.1) is 0 Å². The standard InChI is InChI=1S/C21H21NO2/c23-20-10-6-18(7-11-20)19-8-12-21(13-9-19)24-15-14-22-16-17-4-2-1-3-5-17/h1-13,22-23H,14-16H2. The molecule has 24 heavy (non-hydrogen) atoms. The first-order valence-corrected chi connectivity index (χ1v) is 8.08. The third-order valence-corrected chi connectivity index (χ3v) is 3.77. The predicted octanol–water partition coefficient (Wildman–Crippen LogP) is 4.23. The zero-order valence-corrected chi connectivity index (χ0v) is 13.5. The number of nitrogens with one attached hydrogen (secondary N) is 1. The highest BCUT2D eigenvalue weighted by atomic mass is 16.5. The fourth-order valence-corrected chi connectivity index (χ4v) is 2.47. The smallest absolute Gasteiger partial charge is 0.119 e. The Labute approximate surface area is 142 Å². The van der Waals surface area contributed by atoms with Gasteiger partial charge in [0.2, 0.25) is 0 Å². The normalized spacial score (nSPS) is 10.5. The molecule has 0 aliphatic heterocycles. The Kier molecular flexibility index (Phi) is 5.48. The van der Waals surface area contributed by atoms with E-state index in [9.17, 15) is 5.11 Å². The molecule has 3 aromatic carbocycles. The predicted molar refractivity (Wildman–Crippen MR) is 97.2 cm³/mol. The first-order valence-electron chi connectivity index (χ1n) is 8.08. The van der Waals surface area contributed by atoms with E-state index in [1.807, 2.05) is 54.6 Å². The van der Waals surface area contributed by atoms with E-state index in [1.54, 1.807) is 12.1 Å². The minimum absolute atomic E-state index is 0.279. The van der Waals surface area contributed by atoms with Crippen molar-refractivity contribution in [3.63, 3.8) is 0 Å². The van der Waals surface area contributed by atoms with Crippen LogP contribution in [0.2, 0.25) is 0 Å². The molecule has 0 heterocycles. The fourth-order valence-electron chi connectivity index (χ4n) is 2.47. The minimum Gasteiger partial charge on any atom is -0.508 e. The summed E-state index contributed by atoms with van der Waals surface area (Å²) in [7, 11) is 0. The number of hydrogen-bond acceptors (Lipinski definition) is 3. The van der Waals surface area contributed by atoms with Crippen LogP contribution in [0.3, 0.4) is 0 Å². The molecule has 0 atom stereocenters. The van der Waals surface area contributed by atoms with E-state index in [0.717, 1.165) is 30.0 Å². The summed E-state index contributed by atoms with van der Waals surface area (Å²) >= 11 is 0. The van der Waals surface area contributed by atoms with Crippen molar-refractivity contribution in [2.45, 2.75) is 6.54 Å². The third-order valence-electron chi connectivity index (χ3n) is 3.77. The van der Waals surface area contributed by atoms with Crippen molar-refractivity contribution in [1.29, 1.82) is 0 Å². The Morgan fingerprint density at radius 3 is 2.04 bits per heavy atom. The van der Waals surface area contributed by atoms with Crippen molar-refractivity contribution in [2.75, 3.05) is 13.2 Å². The molecule has 3 rings (SSSR count). The number of phenolic OH excluding ortho intramolecular Hbond substituents is 1. The Morgan fingerprint density at radius 1 is 0.750 bits per heavy atom. The Morgan fingerprint density at radius 2 is 1.38 bits per heavy atom. The second-order valence-electron chi connectivity index (χ2n) is 5.58. The first kappa shape index (κ1) is 16.1. The minimum atomic E-state index is 0.279. The number of hydrogen-bond donors (Lipinski definition) is 2. The van der Waals surface area contributed by atoms with Crippen molar-refractivity contribution in [2.24, 2.45) is 0 Å². The van der Waals surface area contributed by atoms with Crippen LogP contribution in [0, 0.1) is 0 Å². The molecular formula is C21H21NO2. The van der Waals surface area contributed by atoms with Crippen LogP contribution in [-0.2, 0) is 6.54 Å². The van der Waals surface area contributed by atoms with Crippen molar-refractivity contribution in [1.82, 2.24) is 5.32 Å². The van der Waals surface area contributed by atoms with Crippen LogP contribution < -0.4 is 10.1 Å². The molecule has 0 aliphatic rings. The average Bonchev–Trinajstić information content (AvgIpc) is 2.64. The summed E-state index contributed by atoms with van der Waals surface area (Å²) in [5.41, 5.74) is 3.45. The molecule has 0 aromatic heterocycles. The van der Waals surface area contributed by atoms with Crippen LogP contribution in [0.15, 0.2) is 78.9 Å². The summed E-state index contributed by atoms with van der Waals surface area (Å²) in [4.78, 5) is 0. The van der Waals surface area contributed by atoms with Gasteiger partial charge >= 0.3 is 0 Å². The second-order valence-corrected chi connectivity index (χ2v) is 5.58. The molecule has 0 radical (unpaired) electrons. The summed E-state index contributed by atoms with van der Waals surface area (Å²) in [5, 5.41) is 12.7. The number of benzene rings is 3. The van der Waals surface area contributed by atoms with E-state index in [0.29, 0.717) is 6.61 Å². The van der Waals surface area contributed by atoms with Gasteiger partial charge in [-0.05, 0) is 41.0 Å². The van der Waals surface area contributed by atoms with Crippen LogP contribution in [-0.4, -0.2) is 18.3 Å². The van der Waals surface area contributed by atoms with Crippen molar-refractivity contribution in [3.8, 4) is 22.6 Å². The molecule has 0 saturated heterocycles. The number of ether oxygens (including phenoxy) is 1. The van der Waals surface area contributed by atoms with Gasteiger partial charge in [0.05, 0.1) is 0 Å². The third kappa shape index (κ3) is 4.61. The Bertz CT molecular complexity index is 737. The topological polar surface area (TPSA) is 41.5 Å². The molecule has 2 N–H and O–H groups in total. The molecule has 3 aromatic rings. The zero-order valence-electron chi connectivity index (χ0n) is 13.5. The molecule has 0 saturated carbocycles. The molecule has 0 spiro atoms. The van der Waals surface area contributed by atoms with Gasteiger partial charge < -0.3 is 15.2 Å². The van der Waals surface area contributed by atoms with Crippen LogP contribution in [0.1, 0.15) is 5.56 Å². The van der Waals surface area contributed by atoms with Gasteiger partial charge in [0.15, 0.2) is 0 Å². The summed E-state index contributed by atoms with van der Waals surface area (Å²) in [5.74, 6) is 1.14. The summed E-state index contributed by atoms with van der Waals surface area (Å²) in [6.07, 6.45) is 0. The Hall–Kier alpha value is -2.78. The summed E-state index contributed by atoms with van der Waals surface area (Å²) in [6.45, 7) is 2.28. The molecule has 122 valence electrons. The van der Waals surface area contributed by atoms with E-state index in [2.05, 4.69) is 17.4 Å². The average molecular weight is 319 g/mol. The largest absolute Gasteiger partial charge is 0.508 e. The highest BCUT2D eigenvalue weighted by Gasteiger charge is 1.99. The monoisotopic (exact) mass is 319 g/mol. The molecule has 0 bridgehead atoms. The van der Waals surface area contributed by atoms with Gasteiger partial charge in [0.1, 0.15) is 18.1 Å². The lowest BCUT2D eigenvalue weighted by Crippen LogP contribution is -2.20. The maximum absolute atomic E-state index is 9.34. The highest BCUT2D eigenvalue weighted by Crippen LogP contribution is 2.24. The van der Waals surface area contributed by atoms with Crippen molar-refractivity contribution >= 4 is 0 Å². The van der Waals surface area contributed by atoms with E-state index in [-0.39, 0.29) is 5.75 Å². The highest BCUT2D eigenvalue weighted by molar-refractivity contribution is 5.64. The number of aromatic hydroxyl groups is 1. The zero-order chi connectivity index (χ0) is 16.6. The van der Waals surface area contributed by atoms with Crippen LogP contribution in [0.25, 0.3) is 11.1 Å². The Balaban J connectivity index is 1.44. The molecule has 0 amide bonds. The number of phenols is 1. The van der Waals surface area contributed by atoms with E-state index >= 15 is 0 Å². The quantitative estimate of drug-likeness (QED) is 0.640. The van der Waals surface area contributed by atoms with Gasteiger partial charge in [0.25, 0.3) is 0 Å². The fraction of sp³-hybridized carbons (Fsp3) is 0.143. The van der Waals surface area contributed by atoms with Gasteiger partial charge in [-0.3, -0.25) is 0 Å². The summed E-state index contributed by atoms with van der Waals surface area (Å²) in [6, 6.07) is 25.5. The van der Waals surface area contributed by atoms with Crippen LogP contribution in [0.4, 0.5) is 0 Å². The maximum atomic E-state index is 9.34. The van der Waals surface area contributed by atoms with Crippen LogP contribution >= 0.6 is 0 Å². The molecule has 3 nitrogen and oxygen atoms in total. The van der Waals surface area contributed by atoms with Gasteiger partial charge in [-0.25, -0.2) is 0 Å². The molecule has 0 aliphatic carbocycles. The molecule has 3 heteroatoms. The lowest BCUT2D eigenvalue weighted by molar-refractivity contribution is 0.313. The summed E-state index contributed by atoms with van der Waals surface area (Å²) < 4.78 is 5.75. The first-order chi connectivity index (χ1) is 11.8. The van der Waals surface area contributed by atoms with Gasteiger partial charge in [-0.1, -0.05) is 54.6 Å². The molecule has 0 fully saturated rings. The van der Waals surface area contributed by atoms with Gasteiger partial charge in [0, 0.05) is 13.1 Å². The second kappa shape index (κ2) is 8.18. The lowest BCUT2D eigenvalue weighted by atomic mass is 10.1. The number of rotatable bonds is 7. The lowest BCUT2D eigenvalue weighted by Gasteiger charge is -2.09. The van der Waals surface area contributed by atoms with Crippen LogP contribution in [0.5, 0.6) is 11.5 Å². The SMILES string of the molecule is Oc1ccc(-c2ccc(OCCNCc3ccccc3)cc2)cc1. The van der Waals surface area contributed by atoms with Crippen molar-refractivity contribution < 1.29 is 9.84 Å². The van der Waals surface area contributed by atoms with E-state index in [4.69, 9.17) is 4.74 Å².